The molecule has 0 radical (unpaired) electrons. The van der Waals surface area contributed by atoms with Crippen LogP contribution in [0.1, 0.15) is 11.4 Å². The summed E-state index contributed by atoms with van der Waals surface area (Å²) >= 11 is 0. The highest BCUT2D eigenvalue weighted by Crippen LogP contribution is 2.26. The Morgan fingerprint density at radius 2 is 1.73 bits per heavy atom. The van der Waals surface area contributed by atoms with Crippen molar-refractivity contribution in [2.45, 2.75) is 13.5 Å². The van der Waals surface area contributed by atoms with Gasteiger partial charge in [0.25, 0.3) is 11.3 Å². The molecule has 6 nitrogen and oxygen atoms in total. The topological polar surface area (TPSA) is 65.1 Å². The van der Waals surface area contributed by atoms with Crippen LogP contribution in [0, 0.1) is 18.6 Å². The van der Waals surface area contributed by atoms with E-state index in [-0.39, 0.29) is 23.7 Å². The summed E-state index contributed by atoms with van der Waals surface area (Å²) in [6, 6.07) is 13.8. The number of fused-ring (bicyclic) bond motifs is 2. The normalized spacial score (nSPS) is 11.4. The monoisotopic (exact) mass is 403 g/mol. The Bertz CT molecular complexity index is 1470. The molecule has 5 aromatic rings. The van der Waals surface area contributed by atoms with E-state index < -0.39 is 0 Å². The van der Waals surface area contributed by atoms with E-state index in [1.54, 1.807) is 49.5 Å². The maximum atomic E-state index is 14.1. The second kappa shape index (κ2) is 6.84. The Morgan fingerprint density at radius 1 is 0.967 bits per heavy atom. The van der Waals surface area contributed by atoms with E-state index in [2.05, 4.69) is 15.1 Å². The van der Waals surface area contributed by atoms with Gasteiger partial charge in [-0.3, -0.25) is 4.79 Å². The number of benzene rings is 2. The zero-order chi connectivity index (χ0) is 20.8. The molecule has 0 spiro atoms. The first-order chi connectivity index (χ1) is 14.5. The number of nitrogens with zero attached hydrogens (tertiary/aromatic N) is 5. The predicted molar refractivity (Wildman–Crippen MR) is 108 cm³/mol. The van der Waals surface area contributed by atoms with E-state index in [9.17, 15) is 13.6 Å². The largest absolute Gasteiger partial charge is 0.310 e. The van der Waals surface area contributed by atoms with Crippen LogP contribution < -0.4 is 5.56 Å². The molecule has 0 saturated carbocycles. The first kappa shape index (κ1) is 18.1. The van der Waals surface area contributed by atoms with Crippen LogP contribution >= 0.6 is 0 Å². The van der Waals surface area contributed by atoms with Crippen molar-refractivity contribution < 1.29 is 8.78 Å². The van der Waals surface area contributed by atoms with Gasteiger partial charge in [0.05, 0.1) is 23.1 Å². The highest BCUT2D eigenvalue weighted by atomic mass is 19.1. The van der Waals surface area contributed by atoms with Crippen molar-refractivity contribution in [3.8, 4) is 11.3 Å². The SMILES string of the molecule is Cc1nc2nc3ccn(Cc4ccccc4F)c(=O)c3c(-c3ccc(F)cc3)n2n1. The molecule has 0 amide bonds. The third-order valence-corrected chi connectivity index (χ3v) is 4.92. The van der Waals surface area contributed by atoms with Crippen LogP contribution in [0.2, 0.25) is 0 Å². The van der Waals surface area contributed by atoms with E-state index in [1.165, 1.54) is 27.3 Å². The van der Waals surface area contributed by atoms with Crippen LogP contribution in [0.15, 0.2) is 65.6 Å². The fourth-order valence-electron chi connectivity index (χ4n) is 3.53. The van der Waals surface area contributed by atoms with Crippen molar-refractivity contribution in [2.75, 3.05) is 0 Å². The average Bonchev–Trinajstić information content (AvgIpc) is 3.10. The summed E-state index contributed by atoms with van der Waals surface area (Å²) in [5.74, 6) is 0.0576. The van der Waals surface area contributed by atoms with Gasteiger partial charge in [-0.1, -0.05) is 18.2 Å². The summed E-state index contributed by atoms with van der Waals surface area (Å²) < 4.78 is 30.5. The predicted octanol–water partition coefficient (Wildman–Crippen LogP) is 3.74. The number of hydrogen-bond donors (Lipinski definition) is 0. The van der Waals surface area contributed by atoms with E-state index in [0.717, 1.165) is 0 Å². The Morgan fingerprint density at radius 3 is 2.50 bits per heavy atom. The molecule has 8 heteroatoms. The number of pyridine rings is 1. The van der Waals surface area contributed by atoms with Crippen molar-refractivity contribution in [2.24, 2.45) is 0 Å². The van der Waals surface area contributed by atoms with Gasteiger partial charge in [-0.2, -0.15) is 9.50 Å². The third kappa shape index (κ3) is 2.93. The molecule has 0 saturated heterocycles. The molecule has 2 aromatic carbocycles. The van der Waals surface area contributed by atoms with Gasteiger partial charge in [-0.05, 0) is 43.3 Å². The van der Waals surface area contributed by atoms with Gasteiger partial charge >= 0.3 is 0 Å². The second-order valence-corrected chi connectivity index (χ2v) is 6.94. The number of hydrogen-bond acceptors (Lipinski definition) is 4. The average molecular weight is 403 g/mol. The molecule has 0 unspecified atom stereocenters. The van der Waals surface area contributed by atoms with Gasteiger partial charge in [-0.25, -0.2) is 13.8 Å². The third-order valence-electron chi connectivity index (χ3n) is 4.92. The van der Waals surface area contributed by atoms with Gasteiger partial charge < -0.3 is 4.57 Å². The van der Waals surface area contributed by atoms with Gasteiger partial charge in [0.1, 0.15) is 17.5 Å². The van der Waals surface area contributed by atoms with Crippen molar-refractivity contribution in [3.05, 3.63) is 94.2 Å². The van der Waals surface area contributed by atoms with E-state index in [4.69, 9.17) is 0 Å². The molecule has 3 heterocycles. The van der Waals surface area contributed by atoms with Crippen molar-refractivity contribution >= 4 is 16.7 Å². The number of rotatable bonds is 3. The molecule has 0 atom stereocenters. The Kier molecular flexibility index (Phi) is 4.13. The van der Waals surface area contributed by atoms with Crippen LogP contribution in [0.3, 0.4) is 0 Å². The Labute approximate surface area is 169 Å². The summed E-state index contributed by atoms with van der Waals surface area (Å²) in [5.41, 5.74) is 1.54. The molecule has 30 heavy (non-hydrogen) atoms. The molecule has 5 rings (SSSR count). The lowest BCUT2D eigenvalue weighted by atomic mass is 10.1. The quantitative estimate of drug-likeness (QED) is 0.460. The van der Waals surface area contributed by atoms with Crippen molar-refractivity contribution in [1.29, 1.82) is 0 Å². The van der Waals surface area contributed by atoms with Crippen LogP contribution in [-0.4, -0.2) is 24.1 Å². The number of aromatic nitrogens is 5. The standard InChI is InChI=1S/C22H15F2N5O/c1-13-25-22-26-18-10-11-28(12-15-4-2-3-5-17(15)24)21(30)19(18)20(29(22)27-13)14-6-8-16(23)9-7-14/h2-11H,12H2,1H3. The van der Waals surface area contributed by atoms with E-state index in [0.29, 0.717) is 39.3 Å². The van der Waals surface area contributed by atoms with Gasteiger partial charge in [0.2, 0.25) is 0 Å². The van der Waals surface area contributed by atoms with Crippen LogP contribution in [0.4, 0.5) is 8.78 Å². The maximum Gasteiger partial charge on any atom is 0.262 e. The summed E-state index contributed by atoms with van der Waals surface area (Å²) in [6.45, 7) is 1.79. The summed E-state index contributed by atoms with van der Waals surface area (Å²) in [4.78, 5) is 22.2. The molecule has 0 aliphatic rings. The minimum atomic E-state index is -0.389. The Hall–Kier alpha value is -3.94. The van der Waals surface area contributed by atoms with Crippen LogP contribution in [0.25, 0.3) is 27.9 Å². The van der Waals surface area contributed by atoms with Crippen LogP contribution in [-0.2, 0) is 6.54 Å². The van der Waals surface area contributed by atoms with Crippen molar-refractivity contribution in [3.63, 3.8) is 0 Å². The molecule has 0 fully saturated rings. The zero-order valence-corrected chi connectivity index (χ0v) is 15.9. The van der Waals surface area contributed by atoms with Crippen LogP contribution in [0.5, 0.6) is 0 Å². The Balaban J connectivity index is 1.82. The van der Waals surface area contributed by atoms with Gasteiger partial charge in [0, 0.05) is 17.3 Å². The highest BCUT2D eigenvalue weighted by Gasteiger charge is 2.18. The molecule has 3 aromatic heterocycles. The summed E-state index contributed by atoms with van der Waals surface area (Å²) in [6.07, 6.45) is 1.58. The van der Waals surface area contributed by atoms with E-state index in [1.807, 2.05) is 0 Å². The fourth-order valence-corrected chi connectivity index (χ4v) is 3.53. The molecular weight excluding hydrogens is 388 g/mol. The molecular formula is C22H15F2N5O. The second-order valence-electron chi connectivity index (χ2n) is 6.94. The van der Waals surface area contributed by atoms with Crippen molar-refractivity contribution in [1.82, 2.24) is 24.1 Å². The van der Waals surface area contributed by atoms with E-state index >= 15 is 0 Å². The van der Waals surface area contributed by atoms with Gasteiger partial charge in [0.15, 0.2) is 0 Å². The number of aryl methyl sites for hydroxylation is 1. The highest BCUT2D eigenvalue weighted by molar-refractivity contribution is 5.93. The minimum absolute atomic E-state index is 0.0682. The number of halogens is 2. The van der Waals surface area contributed by atoms with Gasteiger partial charge in [-0.15, -0.1) is 5.10 Å². The smallest absolute Gasteiger partial charge is 0.262 e. The zero-order valence-electron chi connectivity index (χ0n) is 15.9. The maximum absolute atomic E-state index is 14.1. The first-order valence-corrected chi connectivity index (χ1v) is 9.27. The molecule has 0 aliphatic carbocycles. The molecule has 0 aliphatic heterocycles. The lowest BCUT2D eigenvalue weighted by molar-refractivity contribution is 0.597. The lowest BCUT2D eigenvalue weighted by Gasteiger charge is -2.12. The molecule has 0 bridgehead atoms. The minimum Gasteiger partial charge on any atom is -0.310 e. The fraction of sp³-hybridized carbons (Fsp3) is 0.0909. The summed E-state index contributed by atoms with van der Waals surface area (Å²) in [7, 11) is 0. The molecule has 148 valence electrons. The summed E-state index contributed by atoms with van der Waals surface area (Å²) in [5, 5.41) is 4.68. The first-order valence-electron chi connectivity index (χ1n) is 9.27. The lowest BCUT2D eigenvalue weighted by Crippen LogP contribution is -2.22. The molecule has 0 N–H and O–H groups in total.